The minimum atomic E-state index is -0.391. The molecule has 7 heteroatoms. The highest BCUT2D eigenvalue weighted by atomic mass is 32.1. The first kappa shape index (κ1) is 13.2. The molecule has 0 spiro atoms. The number of carbonyl (C=O) groups is 1. The Hall–Kier alpha value is -1.76. The van der Waals surface area contributed by atoms with Crippen molar-refractivity contribution in [3.05, 3.63) is 23.2 Å². The van der Waals surface area contributed by atoms with Gasteiger partial charge in [-0.2, -0.15) is 5.10 Å². The van der Waals surface area contributed by atoms with Gasteiger partial charge in [0.15, 0.2) is 5.13 Å². The zero-order valence-corrected chi connectivity index (χ0v) is 12.4. The molecule has 6 nitrogen and oxygen atoms in total. The zero-order valence-electron chi connectivity index (χ0n) is 11.5. The van der Waals surface area contributed by atoms with Crippen LogP contribution in [0.5, 0.6) is 0 Å². The van der Waals surface area contributed by atoms with Gasteiger partial charge in [-0.3, -0.25) is 4.79 Å². The van der Waals surface area contributed by atoms with Crippen molar-refractivity contribution in [3.63, 3.8) is 0 Å². The van der Waals surface area contributed by atoms with E-state index in [0.717, 1.165) is 18.5 Å². The van der Waals surface area contributed by atoms with Crippen LogP contribution in [0.15, 0.2) is 12.7 Å². The lowest BCUT2D eigenvalue weighted by atomic mass is 9.93. The molecule has 0 bridgehead atoms. The number of aryl methyl sites for hydroxylation is 1. The highest BCUT2D eigenvalue weighted by Crippen LogP contribution is 2.32. The molecule has 2 aromatic heterocycles. The molecule has 0 radical (unpaired) electrons. The molecular formula is C13H17N5OS. The third kappa shape index (κ3) is 2.58. The van der Waals surface area contributed by atoms with Crippen molar-refractivity contribution in [1.29, 1.82) is 0 Å². The maximum absolute atomic E-state index is 12.2. The van der Waals surface area contributed by atoms with Crippen LogP contribution in [-0.4, -0.2) is 25.7 Å². The molecule has 3 rings (SSSR count). The van der Waals surface area contributed by atoms with Crippen molar-refractivity contribution >= 4 is 22.4 Å². The SMILES string of the molecule is C[C@@H]1CCc2nc(NC(=O)[C@H](C)n3cncn3)sc2C1. The third-order valence-corrected chi connectivity index (χ3v) is 4.66. The summed E-state index contributed by atoms with van der Waals surface area (Å²) < 4.78 is 1.53. The average Bonchev–Trinajstić information content (AvgIpc) is 3.05. The number of rotatable bonds is 3. The number of carbonyl (C=O) groups excluding carboxylic acids is 1. The Kier molecular flexibility index (Phi) is 3.52. The molecule has 1 aliphatic carbocycles. The lowest BCUT2D eigenvalue weighted by Gasteiger charge is -2.15. The van der Waals surface area contributed by atoms with Gasteiger partial charge in [0.2, 0.25) is 0 Å². The van der Waals surface area contributed by atoms with Crippen LogP contribution >= 0.6 is 11.3 Å². The number of hydrogen-bond acceptors (Lipinski definition) is 5. The Bertz CT molecular complexity index is 606. The Morgan fingerprint density at radius 1 is 1.60 bits per heavy atom. The van der Waals surface area contributed by atoms with Crippen LogP contribution in [0, 0.1) is 5.92 Å². The normalized spacial score (nSPS) is 19.4. The van der Waals surface area contributed by atoms with Gasteiger partial charge in [-0.05, 0) is 32.1 Å². The molecule has 0 fully saturated rings. The van der Waals surface area contributed by atoms with Gasteiger partial charge in [-0.25, -0.2) is 14.6 Å². The van der Waals surface area contributed by atoms with Crippen LogP contribution in [0.1, 0.15) is 36.9 Å². The quantitative estimate of drug-likeness (QED) is 0.939. The van der Waals surface area contributed by atoms with Gasteiger partial charge in [-0.15, -0.1) is 11.3 Å². The average molecular weight is 291 g/mol. The molecule has 106 valence electrons. The van der Waals surface area contributed by atoms with Gasteiger partial charge >= 0.3 is 0 Å². The molecule has 1 aliphatic rings. The zero-order chi connectivity index (χ0) is 14.1. The molecule has 20 heavy (non-hydrogen) atoms. The topological polar surface area (TPSA) is 72.7 Å². The Labute approximate surface area is 121 Å². The van der Waals surface area contributed by atoms with Crippen molar-refractivity contribution in [1.82, 2.24) is 19.7 Å². The summed E-state index contributed by atoms with van der Waals surface area (Å²) in [7, 11) is 0. The highest BCUT2D eigenvalue weighted by molar-refractivity contribution is 7.15. The fourth-order valence-corrected chi connectivity index (χ4v) is 3.51. The molecule has 2 atom stereocenters. The first-order chi connectivity index (χ1) is 9.63. The molecule has 0 unspecified atom stereocenters. The molecule has 0 saturated carbocycles. The Morgan fingerprint density at radius 2 is 2.45 bits per heavy atom. The highest BCUT2D eigenvalue weighted by Gasteiger charge is 2.22. The van der Waals surface area contributed by atoms with E-state index < -0.39 is 6.04 Å². The molecule has 2 heterocycles. The summed E-state index contributed by atoms with van der Waals surface area (Å²) in [6, 6.07) is -0.391. The lowest BCUT2D eigenvalue weighted by molar-refractivity contribution is -0.119. The maximum atomic E-state index is 12.2. The van der Waals surface area contributed by atoms with E-state index in [1.165, 1.54) is 22.3 Å². The van der Waals surface area contributed by atoms with Crippen LogP contribution in [0.25, 0.3) is 0 Å². The largest absolute Gasteiger partial charge is 0.300 e. The van der Waals surface area contributed by atoms with Gasteiger partial charge in [-0.1, -0.05) is 6.92 Å². The fourth-order valence-electron chi connectivity index (χ4n) is 2.34. The smallest absolute Gasteiger partial charge is 0.250 e. The first-order valence-corrected chi connectivity index (χ1v) is 7.58. The first-order valence-electron chi connectivity index (χ1n) is 6.77. The molecule has 1 amide bonds. The minimum absolute atomic E-state index is 0.116. The maximum Gasteiger partial charge on any atom is 0.250 e. The van der Waals surface area contributed by atoms with E-state index in [0.29, 0.717) is 11.0 Å². The van der Waals surface area contributed by atoms with Crippen LogP contribution in [0.4, 0.5) is 5.13 Å². The Balaban J connectivity index is 1.70. The number of nitrogens with zero attached hydrogens (tertiary/aromatic N) is 4. The van der Waals surface area contributed by atoms with Crippen molar-refractivity contribution in [2.24, 2.45) is 5.92 Å². The van der Waals surface area contributed by atoms with E-state index >= 15 is 0 Å². The van der Waals surface area contributed by atoms with Crippen molar-refractivity contribution in [3.8, 4) is 0 Å². The summed E-state index contributed by atoms with van der Waals surface area (Å²) in [4.78, 5) is 21.9. The van der Waals surface area contributed by atoms with Gasteiger partial charge in [0, 0.05) is 4.88 Å². The molecule has 0 aliphatic heterocycles. The van der Waals surface area contributed by atoms with E-state index in [1.807, 2.05) is 0 Å². The standard InChI is InChI=1S/C13H17N5OS/c1-8-3-4-10-11(5-8)20-13(16-10)17-12(19)9(2)18-7-14-6-15-18/h6-9H,3-5H2,1-2H3,(H,16,17,19)/t8-,9+/m1/s1. The number of nitrogens with one attached hydrogen (secondary N) is 1. The number of amides is 1. The predicted molar refractivity (Wildman–Crippen MR) is 76.7 cm³/mol. The third-order valence-electron chi connectivity index (χ3n) is 3.63. The monoisotopic (exact) mass is 291 g/mol. The van der Waals surface area contributed by atoms with Crippen LogP contribution in [-0.2, 0) is 17.6 Å². The van der Waals surface area contributed by atoms with E-state index in [1.54, 1.807) is 24.6 Å². The molecular weight excluding hydrogens is 274 g/mol. The number of aromatic nitrogens is 4. The molecule has 0 aromatic carbocycles. The predicted octanol–water partition coefficient (Wildman–Crippen LogP) is 2.06. The van der Waals surface area contributed by atoms with E-state index in [-0.39, 0.29) is 5.91 Å². The number of hydrogen-bond donors (Lipinski definition) is 1. The van der Waals surface area contributed by atoms with Gasteiger partial charge < -0.3 is 5.32 Å². The molecule has 0 saturated heterocycles. The van der Waals surface area contributed by atoms with Crippen LogP contribution in [0.2, 0.25) is 0 Å². The van der Waals surface area contributed by atoms with Crippen LogP contribution in [0.3, 0.4) is 0 Å². The number of thiazole rings is 1. The fraction of sp³-hybridized carbons (Fsp3) is 0.538. The second kappa shape index (κ2) is 5.32. The number of fused-ring (bicyclic) bond motifs is 1. The van der Waals surface area contributed by atoms with Gasteiger partial charge in [0.25, 0.3) is 5.91 Å². The van der Waals surface area contributed by atoms with Crippen LogP contribution < -0.4 is 5.32 Å². The van der Waals surface area contributed by atoms with Crippen molar-refractivity contribution in [2.45, 2.75) is 39.2 Å². The summed E-state index contributed by atoms with van der Waals surface area (Å²) in [6.45, 7) is 4.05. The summed E-state index contributed by atoms with van der Waals surface area (Å²) in [5.41, 5.74) is 1.15. The minimum Gasteiger partial charge on any atom is -0.300 e. The summed E-state index contributed by atoms with van der Waals surface area (Å²) in [6.07, 6.45) is 6.23. The van der Waals surface area contributed by atoms with E-state index in [2.05, 4.69) is 27.3 Å². The molecule has 1 N–H and O–H groups in total. The summed E-state index contributed by atoms with van der Waals surface area (Å²) in [5.74, 6) is 0.593. The van der Waals surface area contributed by atoms with Crippen molar-refractivity contribution in [2.75, 3.05) is 5.32 Å². The second-order valence-corrected chi connectivity index (χ2v) is 6.36. The van der Waals surface area contributed by atoms with E-state index in [4.69, 9.17) is 0 Å². The van der Waals surface area contributed by atoms with Gasteiger partial charge in [0.1, 0.15) is 18.7 Å². The lowest BCUT2D eigenvalue weighted by Crippen LogP contribution is -2.23. The van der Waals surface area contributed by atoms with Crippen molar-refractivity contribution < 1.29 is 4.79 Å². The summed E-state index contributed by atoms with van der Waals surface area (Å²) >= 11 is 1.59. The Morgan fingerprint density at radius 3 is 3.20 bits per heavy atom. The summed E-state index contributed by atoms with van der Waals surface area (Å²) in [5, 5.41) is 7.56. The van der Waals surface area contributed by atoms with E-state index in [9.17, 15) is 4.79 Å². The molecule has 2 aromatic rings. The number of anilines is 1. The second-order valence-electron chi connectivity index (χ2n) is 5.28. The van der Waals surface area contributed by atoms with Gasteiger partial charge in [0.05, 0.1) is 5.69 Å².